The maximum absolute atomic E-state index is 12.7. The number of rotatable bonds is 9. The molecule has 59 heavy (non-hydrogen) atoms. The molecule has 0 radical (unpaired) electrons. The van der Waals surface area contributed by atoms with Gasteiger partial charge in [-0.05, 0) is 91.2 Å². The van der Waals surface area contributed by atoms with Crippen LogP contribution in [0, 0.1) is 0 Å². The molecule has 0 unspecified atom stereocenters. The first kappa shape index (κ1) is 44.2. The molecule has 312 valence electrons. The summed E-state index contributed by atoms with van der Waals surface area (Å²) in [6.45, 7) is 12.0. The van der Waals surface area contributed by atoms with Crippen LogP contribution in [-0.2, 0) is 35.5 Å². The number of carbonyl (C=O) groups is 2. The first-order valence-corrected chi connectivity index (χ1v) is 21.4. The molecule has 3 N–H and O–H groups in total. The Morgan fingerprint density at radius 2 is 1.10 bits per heavy atom. The van der Waals surface area contributed by atoms with E-state index in [0.717, 1.165) is 109 Å². The van der Waals surface area contributed by atoms with Gasteiger partial charge in [0.1, 0.15) is 11.5 Å². The highest BCUT2D eigenvalue weighted by Gasteiger charge is 2.27. The van der Waals surface area contributed by atoms with Crippen molar-refractivity contribution in [1.29, 1.82) is 0 Å². The summed E-state index contributed by atoms with van der Waals surface area (Å²) in [6, 6.07) is 28.4. The Morgan fingerprint density at radius 1 is 0.627 bits per heavy atom. The average Bonchev–Trinajstić information content (AvgIpc) is 3.26. The zero-order chi connectivity index (χ0) is 41.9. The van der Waals surface area contributed by atoms with Crippen LogP contribution in [0.1, 0.15) is 35.1 Å². The fourth-order valence-corrected chi connectivity index (χ4v) is 8.50. The Labute approximate surface area is 358 Å². The fraction of sp³-hybridized carbons (Fsp3) is 0.409. The van der Waals surface area contributed by atoms with Gasteiger partial charge in [-0.3, -0.25) is 9.59 Å². The number of carbonyl (C=O) groups excluding carboxylic acids is 2. The zero-order valence-electron chi connectivity index (χ0n) is 34.8. The summed E-state index contributed by atoms with van der Waals surface area (Å²) in [7, 11) is 2.64. The second-order valence-corrected chi connectivity index (χ2v) is 16.2. The van der Waals surface area contributed by atoms with Gasteiger partial charge in [-0.1, -0.05) is 52.3 Å². The van der Waals surface area contributed by atoms with E-state index >= 15 is 0 Å². The van der Waals surface area contributed by atoms with Gasteiger partial charge in [0, 0.05) is 92.8 Å². The van der Waals surface area contributed by atoms with Crippen molar-refractivity contribution in [2.45, 2.75) is 52.4 Å². The van der Waals surface area contributed by atoms with Crippen LogP contribution in [0.2, 0.25) is 13.6 Å². The number of methoxy groups -OCH3 is 2. The molecule has 4 aromatic rings. The minimum atomic E-state index is -0.414. The summed E-state index contributed by atoms with van der Waals surface area (Å²) in [5.74, 6) is 1.93. The van der Waals surface area contributed by atoms with Crippen LogP contribution in [0.4, 0.5) is 17.1 Å². The van der Waals surface area contributed by atoms with Gasteiger partial charge in [-0.15, -0.1) is 0 Å². The van der Waals surface area contributed by atoms with Crippen molar-refractivity contribution in [3.8, 4) is 11.5 Å². The molecule has 4 aliphatic rings. The maximum Gasteiger partial charge on any atom is 0.376 e. The van der Waals surface area contributed by atoms with Crippen LogP contribution >= 0.6 is 15.9 Å². The van der Waals surface area contributed by atoms with Crippen molar-refractivity contribution in [2.75, 3.05) is 81.3 Å². The van der Waals surface area contributed by atoms with Gasteiger partial charge in [-0.2, -0.15) is 0 Å². The molecule has 15 heteroatoms. The van der Waals surface area contributed by atoms with E-state index in [1.165, 1.54) is 11.1 Å². The Bertz CT molecular complexity index is 2030. The highest BCUT2D eigenvalue weighted by Crippen LogP contribution is 2.33. The Hall–Kier alpha value is -4.37. The minimum Gasteiger partial charge on any atom is -0.497 e. The zero-order valence-corrected chi connectivity index (χ0v) is 36.4. The highest BCUT2D eigenvalue weighted by atomic mass is 79.9. The molecule has 0 aromatic heterocycles. The number of halogens is 1. The van der Waals surface area contributed by atoms with Crippen LogP contribution < -0.4 is 29.5 Å². The van der Waals surface area contributed by atoms with Crippen LogP contribution in [0.15, 0.2) is 89.4 Å². The van der Waals surface area contributed by atoms with Gasteiger partial charge in [0.05, 0.1) is 27.3 Å². The quantitative estimate of drug-likeness (QED) is 0.190. The number of hydrogen-bond donors (Lipinski definition) is 3. The summed E-state index contributed by atoms with van der Waals surface area (Å²) in [5, 5.41) is 22.1. The third-order valence-electron chi connectivity index (χ3n) is 11.3. The van der Waals surface area contributed by atoms with Gasteiger partial charge in [0.25, 0.3) is 0 Å². The molecule has 4 aliphatic heterocycles. The van der Waals surface area contributed by atoms with E-state index in [1.54, 1.807) is 14.2 Å². The number of anilines is 3. The summed E-state index contributed by atoms with van der Waals surface area (Å²) < 4.78 is 11.8. The molecular weight excluding hydrogens is 810 g/mol. The van der Waals surface area contributed by atoms with E-state index in [1.807, 2.05) is 90.2 Å². The number of benzene rings is 4. The van der Waals surface area contributed by atoms with Crippen molar-refractivity contribution >= 4 is 58.9 Å². The topological polar surface area (TPSA) is 121 Å². The van der Waals surface area contributed by atoms with Crippen molar-refractivity contribution < 1.29 is 29.1 Å². The molecule has 4 aromatic carbocycles. The molecular formula is C44H57B2BrN6O6. The number of para-hydroxylation sites is 2. The van der Waals surface area contributed by atoms with E-state index < -0.39 is 7.05 Å². The van der Waals surface area contributed by atoms with Crippen LogP contribution in [0.3, 0.4) is 0 Å². The number of nitrogens with zero attached hydrogens (tertiary/aromatic N) is 5. The molecule has 0 saturated carbocycles. The van der Waals surface area contributed by atoms with Gasteiger partial charge in [0.2, 0.25) is 11.8 Å². The van der Waals surface area contributed by atoms with Crippen molar-refractivity contribution in [3.63, 3.8) is 0 Å². The van der Waals surface area contributed by atoms with Crippen LogP contribution in [-0.4, -0.2) is 112 Å². The molecule has 2 saturated heterocycles. The van der Waals surface area contributed by atoms with Crippen LogP contribution in [0.5, 0.6) is 11.5 Å². The predicted octanol–water partition coefficient (Wildman–Crippen LogP) is 5.35. The predicted molar refractivity (Wildman–Crippen MR) is 241 cm³/mol. The Balaban J connectivity index is 0.000000169. The van der Waals surface area contributed by atoms with E-state index in [-0.39, 0.29) is 18.9 Å². The average molecular weight is 868 g/mol. The number of ether oxygens (including phenoxy) is 2. The van der Waals surface area contributed by atoms with Gasteiger partial charge >= 0.3 is 14.1 Å². The summed E-state index contributed by atoms with van der Waals surface area (Å²) >= 11 is 3.48. The fourth-order valence-electron chi connectivity index (χ4n) is 7.98. The first-order chi connectivity index (χ1) is 28.5. The third-order valence-corrected chi connectivity index (χ3v) is 11.8. The lowest BCUT2D eigenvalue weighted by Crippen LogP contribution is -2.51. The van der Waals surface area contributed by atoms with Gasteiger partial charge in [-0.25, -0.2) is 0 Å². The molecule has 2 fully saturated rings. The van der Waals surface area contributed by atoms with E-state index in [2.05, 4.69) is 54.0 Å². The van der Waals surface area contributed by atoms with Crippen LogP contribution in [0.25, 0.3) is 0 Å². The second kappa shape index (κ2) is 21.2. The van der Waals surface area contributed by atoms with Gasteiger partial charge < -0.3 is 49.2 Å². The monoisotopic (exact) mass is 866 g/mol. The Morgan fingerprint density at radius 3 is 1.59 bits per heavy atom. The molecule has 0 bridgehead atoms. The largest absolute Gasteiger partial charge is 0.497 e. The van der Waals surface area contributed by atoms with E-state index in [9.17, 15) is 14.6 Å². The van der Waals surface area contributed by atoms with Gasteiger partial charge in [0.15, 0.2) is 0 Å². The van der Waals surface area contributed by atoms with Crippen molar-refractivity contribution in [2.24, 2.45) is 0 Å². The lowest BCUT2D eigenvalue weighted by Gasteiger charge is -2.37. The molecule has 12 nitrogen and oxygen atoms in total. The number of fused-ring (bicyclic) bond motifs is 2. The van der Waals surface area contributed by atoms with E-state index in [0.29, 0.717) is 25.9 Å². The van der Waals surface area contributed by atoms with E-state index in [4.69, 9.17) is 14.5 Å². The van der Waals surface area contributed by atoms with Crippen molar-refractivity contribution in [3.05, 3.63) is 112 Å². The number of piperazine rings is 2. The first-order valence-electron chi connectivity index (χ1n) is 20.6. The number of aryl methyl sites for hydroxylation is 2. The minimum absolute atomic E-state index is 0.165. The summed E-state index contributed by atoms with van der Waals surface area (Å²) in [5.41, 5.74) is 7.70. The lowest BCUT2D eigenvalue weighted by atomic mass is 9.84. The third kappa shape index (κ3) is 11.9. The number of amides is 2. The smallest absolute Gasteiger partial charge is 0.376 e. The summed E-state index contributed by atoms with van der Waals surface area (Å²) in [6.07, 6.45) is 2.76. The highest BCUT2D eigenvalue weighted by molar-refractivity contribution is 9.10. The normalized spacial score (nSPS) is 16.8. The SMILES string of the molecule is CB(O)N1CCNCC1.COc1cc(Br)cc(CN2C(=O)CCc3ccccc32)c1.COc1cc(CN2C(=O)CCc3ccccc32)cc(N2CCN(B(C)O)CC2)c1. The Kier molecular flexibility index (Phi) is 15.9. The molecule has 0 aliphatic carbocycles. The molecule has 4 heterocycles. The second-order valence-electron chi connectivity index (χ2n) is 15.3. The maximum atomic E-state index is 12.7. The number of nitrogens with one attached hydrogen (secondary N) is 1. The molecule has 8 rings (SSSR count). The number of hydrogen-bond acceptors (Lipinski definition) is 10. The molecule has 2 amide bonds. The van der Waals surface area contributed by atoms with Crippen molar-refractivity contribution in [1.82, 2.24) is 14.9 Å². The lowest BCUT2D eigenvalue weighted by molar-refractivity contribution is -0.119. The molecule has 0 atom stereocenters. The molecule has 0 spiro atoms. The standard InChI is InChI=1S/C22H28BN3O3.C17H16BrNO2.C5H13BN2O/c1-23(28)25-11-9-24(10-12-25)19-13-17(14-20(15-19)29-2)16-26-21-6-4-3-5-18(21)7-8-22(26)27;1-21-15-9-12(8-14(18)10-15)11-19-16-5-3-2-4-13(16)6-7-17(19)20;1-6(9)8-4-2-7-3-5-8/h3-6,13-15,28H,7-12,16H2,1-2H3;2-5,8-10H,6-7,11H2,1H3;7,9H,2-5H2,1H3. The summed E-state index contributed by atoms with van der Waals surface area (Å²) in [4.78, 5) is 35.1.